The molecule has 0 aromatic heterocycles. The topological polar surface area (TPSA) is 12.0 Å². The molecule has 1 N–H and O–H groups in total. The van der Waals surface area contributed by atoms with Crippen molar-refractivity contribution in [1.82, 2.24) is 5.32 Å². The van der Waals surface area contributed by atoms with Gasteiger partial charge in [0, 0.05) is 10.5 Å². The summed E-state index contributed by atoms with van der Waals surface area (Å²) in [6.07, 6.45) is 5.40. The minimum atomic E-state index is 0.436. The van der Waals surface area contributed by atoms with Crippen LogP contribution in [0.5, 0.6) is 0 Å². The fraction of sp³-hybridized carbons (Fsp3) is 0.538. The average molecular weight is 303 g/mol. The highest BCUT2D eigenvalue weighted by Crippen LogP contribution is 2.36. The summed E-state index contributed by atoms with van der Waals surface area (Å²) in [5.41, 5.74) is 1.29. The van der Waals surface area contributed by atoms with Crippen LogP contribution in [0.1, 0.15) is 37.3 Å². The van der Waals surface area contributed by atoms with Gasteiger partial charge in [0.25, 0.3) is 0 Å². The molecule has 1 saturated carbocycles. The molecule has 1 unspecified atom stereocenters. The Balaban J connectivity index is 2.02. The summed E-state index contributed by atoms with van der Waals surface area (Å²) in [5, 5.41) is 4.17. The first kappa shape index (κ1) is 12.4. The van der Waals surface area contributed by atoms with Crippen LogP contribution in [0, 0.1) is 5.92 Å². The van der Waals surface area contributed by atoms with E-state index in [2.05, 4.69) is 33.4 Å². The number of benzene rings is 1. The normalized spacial score (nSPS) is 17.4. The Labute approximate surface area is 111 Å². The summed E-state index contributed by atoms with van der Waals surface area (Å²) in [5.74, 6) is 0.988. The van der Waals surface area contributed by atoms with Crippen LogP contribution in [0.15, 0.2) is 22.7 Å². The van der Waals surface area contributed by atoms with Gasteiger partial charge in [-0.05, 0) is 59.4 Å². The summed E-state index contributed by atoms with van der Waals surface area (Å²) in [7, 11) is 2.02. The third-order valence-electron chi connectivity index (χ3n) is 3.26. The van der Waals surface area contributed by atoms with E-state index in [9.17, 15) is 0 Å². The van der Waals surface area contributed by atoms with Gasteiger partial charge in [-0.2, -0.15) is 0 Å². The first-order chi connectivity index (χ1) is 7.70. The smallest absolute Gasteiger partial charge is 0.0551 e. The summed E-state index contributed by atoms with van der Waals surface area (Å²) < 4.78 is 0.968. The Morgan fingerprint density at radius 2 is 2.25 bits per heavy atom. The van der Waals surface area contributed by atoms with Crippen molar-refractivity contribution in [1.29, 1.82) is 0 Å². The number of halogens is 2. The van der Waals surface area contributed by atoms with Gasteiger partial charge >= 0.3 is 0 Å². The van der Waals surface area contributed by atoms with Gasteiger partial charge in [-0.3, -0.25) is 0 Å². The maximum atomic E-state index is 6.12. The molecule has 0 heterocycles. The van der Waals surface area contributed by atoms with Gasteiger partial charge in [0.05, 0.1) is 5.02 Å². The molecule has 1 fully saturated rings. The van der Waals surface area contributed by atoms with E-state index in [0.717, 1.165) is 15.4 Å². The zero-order valence-electron chi connectivity index (χ0n) is 9.47. The number of hydrogen-bond donors (Lipinski definition) is 1. The van der Waals surface area contributed by atoms with Crippen LogP contribution in [0.25, 0.3) is 0 Å². The molecule has 0 amide bonds. The van der Waals surface area contributed by atoms with E-state index in [1.54, 1.807) is 0 Å². The van der Waals surface area contributed by atoms with Gasteiger partial charge in [0.15, 0.2) is 0 Å². The van der Waals surface area contributed by atoms with Gasteiger partial charge in [-0.25, -0.2) is 0 Å². The van der Waals surface area contributed by atoms with Gasteiger partial charge in [-0.15, -0.1) is 0 Å². The van der Waals surface area contributed by atoms with Crippen LogP contribution in [-0.4, -0.2) is 7.05 Å². The van der Waals surface area contributed by atoms with Crippen molar-refractivity contribution in [2.45, 2.75) is 31.7 Å². The fourth-order valence-corrected chi connectivity index (χ4v) is 2.45. The minimum absolute atomic E-state index is 0.436. The SMILES string of the molecule is CNC(CCC1CC1)c1ccc(Br)c(Cl)c1. The van der Waals surface area contributed by atoms with Crippen LogP contribution in [-0.2, 0) is 0 Å². The van der Waals surface area contributed by atoms with Gasteiger partial charge in [-0.1, -0.05) is 30.5 Å². The van der Waals surface area contributed by atoms with Crippen LogP contribution in [0.3, 0.4) is 0 Å². The molecule has 1 aliphatic rings. The van der Waals surface area contributed by atoms with Crippen molar-refractivity contribution in [3.63, 3.8) is 0 Å². The molecule has 1 aromatic rings. The van der Waals surface area contributed by atoms with Crippen LogP contribution < -0.4 is 5.32 Å². The first-order valence-electron chi connectivity index (χ1n) is 5.83. The Kier molecular flexibility index (Phi) is 4.28. The Bertz CT molecular complexity index is 363. The molecule has 0 aliphatic heterocycles. The number of rotatable bonds is 5. The Morgan fingerprint density at radius 1 is 1.50 bits per heavy atom. The lowest BCUT2D eigenvalue weighted by Crippen LogP contribution is -2.16. The second kappa shape index (κ2) is 5.52. The lowest BCUT2D eigenvalue weighted by atomic mass is 10.0. The van der Waals surface area contributed by atoms with Gasteiger partial charge < -0.3 is 5.32 Å². The van der Waals surface area contributed by atoms with Crippen LogP contribution in [0.2, 0.25) is 5.02 Å². The molecule has 3 heteroatoms. The molecule has 88 valence electrons. The summed E-state index contributed by atoms with van der Waals surface area (Å²) >= 11 is 9.54. The van der Waals surface area contributed by atoms with E-state index < -0.39 is 0 Å². The molecule has 1 nitrogen and oxygen atoms in total. The molecule has 16 heavy (non-hydrogen) atoms. The molecule has 0 bridgehead atoms. The van der Waals surface area contributed by atoms with E-state index in [4.69, 9.17) is 11.6 Å². The highest BCUT2D eigenvalue weighted by atomic mass is 79.9. The minimum Gasteiger partial charge on any atom is -0.313 e. The van der Waals surface area contributed by atoms with E-state index in [1.165, 1.54) is 31.2 Å². The second-order valence-electron chi connectivity index (χ2n) is 4.54. The van der Waals surface area contributed by atoms with Crippen molar-refractivity contribution in [3.8, 4) is 0 Å². The largest absolute Gasteiger partial charge is 0.313 e. The standard InChI is InChI=1S/C13H17BrClN/c1-16-13(7-4-9-2-3-9)10-5-6-11(14)12(15)8-10/h5-6,8-9,13,16H,2-4,7H2,1H3. The predicted molar refractivity (Wildman–Crippen MR) is 72.9 cm³/mol. The third kappa shape index (κ3) is 3.22. The number of nitrogens with one attached hydrogen (secondary N) is 1. The summed E-state index contributed by atoms with van der Waals surface area (Å²) in [6, 6.07) is 6.66. The molecule has 2 rings (SSSR count). The Morgan fingerprint density at radius 3 is 2.81 bits per heavy atom. The van der Waals surface area contributed by atoms with Crippen molar-refractivity contribution in [3.05, 3.63) is 33.3 Å². The first-order valence-corrected chi connectivity index (χ1v) is 7.00. The molecular formula is C13H17BrClN. The van der Waals surface area contributed by atoms with Crippen LogP contribution in [0.4, 0.5) is 0 Å². The Hall–Kier alpha value is -0.0500. The fourth-order valence-electron chi connectivity index (χ4n) is 2.02. The van der Waals surface area contributed by atoms with E-state index in [1.807, 2.05) is 13.1 Å². The van der Waals surface area contributed by atoms with E-state index >= 15 is 0 Å². The molecule has 0 spiro atoms. The lowest BCUT2D eigenvalue weighted by molar-refractivity contribution is 0.506. The summed E-state index contributed by atoms with van der Waals surface area (Å²) in [4.78, 5) is 0. The lowest BCUT2D eigenvalue weighted by Gasteiger charge is -2.17. The second-order valence-corrected chi connectivity index (χ2v) is 5.80. The number of hydrogen-bond acceptors (Lipinski definition) is 1. The molecule has 0 radical (unpaired) electrons. The third-order valence-corrected chi connectivity index (χ3v) is 4.49. The highest BCUT2D eigenvalue weighted by Gasteiger charge is 2.22. The maximum absolute atomic E-state index is 6.12. The summed E-state index contributed by atoms with van der Waals surface area (Å²) in [6.45, 7) is 0. The van der Waals surface area contributed by atoms with Gasteiger partial charge in [0.2, 0.25) is 0 Å². The zero-order valence-corrected chi connectivity index (χ0v) is 11.8. The molecule has 1 atom stereocenters. The van der Waals surface area contributed by atoms with Crippen molar-refractivity contribution in [2.75, 3.05) is 7.05 Å². The van der Waals surface area contributed by atoms with Gasteiger partial charge in [0.1, 0.15) is 0 Å². The molecule has 1 aliphatic carbocycles. The average Bonchev–Trinajstić information content (AvgIpc) is 3.08. The molecular weight excluding hydrogens is 286 g/mol. The quantitative estimate of drug-likeness (QED) is 0.841. The van der Waals surface area contributed by atoms with Crippen molar-refractivity contribution < 1.29 is 0 Å². The predicted octanol–water partition coefficient (Wildman–Crippen LogP) is 4.55. The molecule has 0 saturated heterocycles. The maximum Gasteiger partial charge on any atom is 0.0551 e. The molecule has 1 aromatic carbocycles. The van der Waals surface area contributed by atoms with Crippen LogP contribution >= 0.6 is 27.5 Å². The van der Waals surface area contributed by atoms with E-state index in [0.29, 0.717) is 6.04 Å². The van der Waals surface area contributed by atoms with Crippen molar-refractivity contribution >= 4 is 27.5 Å². The van der Waals surface area contributed by atoms with E-state index in [-0.39, 0.29) is 0 Å². The zero-order chi connectivity index (χ0) is 11.5. The highest BCUT2D eigenvalue weighted by molar-refractivity contribution is 9.10. The monoisotopic (exact) mass is 301 g/mol. The van der Waals surface area contributed by atoms with Crippen molar-refractivity contribution in [2.24, 2.45) is 5.92 Å².